The second-order valence-corrected chi connectivity index (χ2v) is 10.5. The van der Waals surface area contributed by atoms with Crippen LogP contribution in [0.1, 0.15) is 6.92 Å². The maximum absolute atomic E-state index is 13.7. The number of methoxy groups -OCH3 is 1. The molecule has 0 unspecified atom stereocenters. The molecule has 5 rings (SSSR count). The van der Waals surface area contributed by atoms with Gasteiger partial charge in [-0.05, 0) is 25.1 Å². The van der Waals surface area contributed by atoms with Crippen LogP contribution in [0, 0.1) is 0 Å². The van der Waals surface area contributed by atoms with Crippen molar-refractivity contribution in [1.82, 2.24) is 0 Å². The minimum absolute atomic E-state index is 0.0151. The first-order valence-electron chi connectivity index (χ1n) is 13.4. The molecule has 240 valence electrons. The van der Waals surface area contributed by atoms with Gasteiger partial charge in [0.2, 0.25) is 17.5 Å². The third-order valence-electron chi connectivity index (χ3n) is 7.50. The highest BCUT2D eigenvalue weighted by Gasteiger charge is 2.47. The number of hydrogen-bond donors (Lipinski definition) is 9. The summed E-state index contributed by atoms with van der Waals surface area (Å²) < 4.78 is 33.2. The van der Waals surface area contributed by atoms with E-state index in [0.717, 1.165) is 12.1 Å². The van der Waals surface area contributed by atoms with Gasteiger partial charge in [0.15, 0.2) is 23.5 Å². The summed E-state index contributed by atoms with van der Waals surface area (Å²) in [6, 6.07) is 5.83. The third kappa shape index (κ3) is 5.74. The SMILES string of the molecule is COc1cc(-c2oc3cc(O)cc(O)c3c(=O)c2O[C@@H]2O[C@H](CO[C@@H]3O[C@H](C)[C@H](O)[C@@H](O)[C@H]3O)[C@@H](O)[C@@H](O)[C@H]2O)ccc1O. The Hall–Kier alpha value is -3.71. The van der Waals surface area contributed by atoms with E-state index < -0.39 is 96.1 Å². The quantitative estimate of drug-likeness (QED) is 0.147. The van der Waals surface area contributed by atoms with Gasteiger partial charge in [-0.25, -0.2) is 0 Å². The molecule has 0 saturated carbocycles. The molecule has 44 heavy (non-hydrogen) atoms. The van der Waals surface area contributed by atoms with E-state index in [0.29, 0.717) is 0 Å². The molecule has 16 nitrogen and oxygen atoms in total. The molecule has 0 amide bonds. The van der Waals surface area contributed by atoms with Gasteiger partial charge in [-0.2, -0.15) is 0 Å². The van der Waals surface area contributed by atoms with Gasteiger partial charge in [-0.3, -0.25) is 4.79 Å². The molecular formula is C28H32O16. The number of ether oxygens (including phenoxy) is 5. The monoisotopic (exact) mass is 624 g/mol. The van der Waals surface area contributed by atoms with E-state index in [1.54, 1.807) is 0 Å². The predicted molar refractivity (Wildman–Crippen MR) is 145 cm³/mol. The van der Waals surface area contributed by atoms with Gasteiger partial charge in [0.25, 0.3) is 0 Å². The van der Waals surface area contributed by atoms with Crippen LogP contribution in [0.4, 0.5) is 0 Å². The van der Waals surface area contributed by atoms with Gasteiger partial charge >= 0.3 is 0 Å². The van der Waals surface area contributed by atoms with Gasteiger partial charge in [0.1, 0.15) is 65.2 Å². The standard InChI is InChI=1S/C28H32O16/c1-9-18(32)21(35)23(37)27(41-9)40-8-16-19(33)22(36)24(38)28(43-16)44-26-20(34)17-13(31)6-11(29)7-15(17)42-25(26)10-3-4-12(30)14(5-10)39-2/h3-7,9,16,18-19,21-24,27-33,35-38H,8H2,1-2H3/t9-,16-,18+,19-,21-,22-,23-,24-,27-,28+/m1/s1. The average molecular weight is 625 g/mol. The summed E-state index contributed by atoms with van der Waals surface area (Å²) in [5.74, 6) is -2.28. The number of aliphatic hydroxyl groups is 6. The second-order valence-electron chi connectivity index (χ2n) is 10.5. The van der Waals surface area contributed by atoms with Crippen LogP contribution in [0.15, 0.2) is 39.5 Å². The van der Waals surface area contributed by atoms with E-state index >= 15 is 0 Å². The molecule has 10 atom stereocenters. The van der Waals surface area contributed by atoms with Crippen molar-refractivity contribution in [3.05, 3.63) is 40.6 Å². The Labute approximate surface area is 248 Å². The highest BCUT2D eigenvalue weighted by atomic mass is 16.7. The van der Waals surface area contributed by atoms with Crippen molar-refractivity contribution in [3.63, 3.8) is 0 Å². The Balaban J connectivity index is 1.49. The molecule has 2 saturated heterocycles. The average Bonchev–Trinajstić information content (AvgIpc) is 2.98. The van der Waals surface area contributed by atoms with E-state index in [9.17, 15) is 50.8 Å². The molecule has 0 spiro atoms. The van der Waals surface area contributed by atoms with Crippen LogP contribution in [0.2, 0.25) is 0 Å². The van der Waals surface area contributed by atoms with E-state index in [2.05, 4.69) is 0 Å². The summed E-state index contributed by atoms with van der Waals surface area (Å²) >= 11 is 0. The lowest BCUT2D eigenvalue weighted by molar-refractivity contribution is -0.318. The largest absolute Gasteiger partial charge is 0.508 e. The summed E-state index contributed by atoms with van der Waals surface area (Å²) in [4.78, 5) is 13.7. The van der Waals surface area contributed by atoms with Crippen molar-refractivity contribution in [3.8, 4) is 40.1 Å². The molecule has 3 aromatic rings. The topological polar surface area (TPSA) is 258 Å². The number of hydrogen-bond acceptors (Lipinski definition) is 16. The maximum Gasteiger partial charge on any atom is 0.239 e. The van der Waals surface area contributed by atoms with Gasteiger partial charge in [-0.1, -0.05) is 0 Å². The van der Waals surface area contributed by atoms with Crippen molar-refractivity contribution in [2.45, 2.75) is 68.3 Å². The zero-order chi connectivity index (χ0) is 32.0. The Morgan fingerprint density at radius 2 is 1.48 bits per heavy atom. The smallest absolute Gasteiger partial charge is 0.239 e. The van der Waals surface area contributed by atoms with Crippen LogP contribution < -0.4 is 14.9 Å². The van der Waals surface area contributed by atoms with Gasteiger partial charge in [0.05, 0.1) is 19.8 Å². The minimum Gasteiger partial charge on any atom is -0.508 e. The number of aromatic hydroxyl groups is 3. The fraction of sp³-hybridized carbons (Fsp3) is 0.464. The summed E-state index contributed by atoms with van der Waals surface area (Å²) in [7, 11) is 1.28. The first kappa shape index (κ1) is 31.7. The fourth-order valence-corrected chi connectivity index (χ4v) is 4.99. The van der Waals surface area contributed by atoms with Gasteiger partial charge < -0.3 is 74.1 Å². The van der Waals surface area contributed by atoms with Crippen LogP contribution in [0.5, 0.6) is 28.7 Å². The Bertz CT molecular complexity index is 1560. The number of phenols is 3. The molecule has 2 fully saturated rings. The molecule has 3 heterocycles. The molecule has 0 bridgehead atoms. The van der Waals surface area contributed by atoms with Gasteiger partial charge in [0, 0.05) is 17.7 Å². The Kier molecular flexibility index (Phi) is 8.90. The lowest BCUT2D eigenvalue weighted by Gasteiger charge is -2.42. The zero-order valence-electron chi connectivity index (χ0n) is 23.3. The molecule has 16 heteroatoms. The van der Waals surface area contributed by atoms with Crippen molar-refractivity contribution >= 4 is 11.0 Å². The molecule has 1 aromatic heterocycles. The maximum atomic E-state index is 13.7. The summed E-state index contributed by atoms with van der Waals surface area (Å²) in [5, 5.41) is 92.1. The number of aliphatic hydroxyl groups excluding tert-OH is 6. The van der Waals surface area contributed by atoms with Crippen molar-refractivity contribution in [2.24, 2.45) is 0 Å². The van der Waals surface area contributed by atoms with Crippen LogP contribution in [0.3, 0.4) is 0 Å². The summed E-state index contributed by atoms with van der Waals surface area (Å²) in [6.45, 7) is 0.845. The zero-order valence-corrected chi connectivity index (χ0v) is 23.3. The van der Waals surface area contributed by atoms with Crippen LogP contribution in [-0.4, -0.2) is 121 Å². The highest BCUT2D eigenvalue weighted by Crippen LogP contribution is 2.39. The number of fused-ring (bicyclic) bond motifs is 1. The Morgan fingerprint density at radius 3 is 2.18 bits per heavy atom. The van der Waals surface area contributed by atoms with Crippen LogP contribution in [0.25, 0.3) is 22.3 Å². The Morgan fingerprint density at radius 1 is 0.795 bits per heavy atom. The van der Waals surface area contributed by atoms with Crippen LogP contribution >= 0.6 is 0 Å². The lowest BCUT2D eigenvalue weighted by atomic mass is 9.98. The van der Waals surface area contributed by atoms with Crippen molar-refractivity contribution < 1.29 is 74.1 Å². The van der Waals surface area contributed by atoms with Crippen molar-refractivity contribution in [2.75, 3.05) is 13.7 Å². The molecule has 2 aliphatic rings. The first-order valence-corrected chi connectivity index (χ1v) is 13.4. The van der Waals surface area contributed by atoms with E-state index in [-0.39, 0.29) is 28.4 Å². The number of benzene rings is 2. The summed E-state index contributed by atoms with van der Waals surface area (Å²) in [5.41, 5.74) is -1.11. The molecule has 9 N–H and O–H groups in total. The van der Waals surface area contributed by atoms with E-state index in [1.165, 1.54) is 32.2 Å². The molecule has 0 radical (unpaired) electrons. The lowest BCUT2D eigenvalue weighted by Crippen LogP contribution is -2.61. The summed E-state index contributed by atoms with van der Waals surface area (Å²) in [6.07, 6.45) is -16.0. The van der Waals surface area contributed by atoms with E-state index in [1.807, 2.05) is 0 Å². The van der Waals surface area contributed by atoms with Crippen LogP contribution in [-0.2, 0) is 14.2 Å². The molecule has 2 aliphatic heterocycles. The normalized spacial score (nSPS) is 32.5. The minimum atomic E-state index is -1.94. The van der Waals surface area contributed by atoms with Gasteiger partial charge in [-0.15, -0.1) is 0 Å². The van der Waals surface area contributed by atoms with E-state index in [4.69, 9.17) is 28.1 Å². The molecule has 0 aliphatic carbocycles. The highest BCUT2D eigenvalue weighted by molar-refractivity contribution is 5.88. The second kappa shape index (κ2) is 12.4. The third-order valence-corrected chi connectivity index (χ3v) is 7.50. The fourth-order valence-electron chi connectivity index (χ4n) is 4.99. The number of rotatable bonds is 7. The molecular weight excluding hydrogens is 592 g/mol. The molecule has 2 aromatic carbocycles. The van der Waals surface area contributed by atoms with Crippen molar-refractivity contribution in [1.29, 1.82) is 0 Å². The first-order chi connectivity index (χ1) is 20.8. The predicted octanol–water partition coefficient (Wildman–Crippen LogP) is -1.38. The number of phenolic OH excluding ortho intramolecular Hbond substituents is 3.